The number of aliphatic hydroxyl groups excluding tert-OH is 1. The van der Waals surface area contributed by atoms with Crippen LogP contribution in [-0.2, 0) is 9.53 Å². The van der Waals surface area contributed by atoms with Crippen molar-refractivity contribution in [2.75, 3.05) is 26.4 Å². The van der Waals surface area contributed by atoms with E-state index in [0.717, 1.165) is 25.9 Å². The van der Waals surface area contributed by atoms with Gasteiger partial charge in [-0.25, -0.2) is 0 Å². The summed E-state index contributed by atoms with van der Waals surface area (Å²) in [6.07, 6.45) is 7.17. The molecule has 1 amide bonds. The van der Waals surface area contributed by atoms with Gasteiger partial charge in [0.1, 0.15) is 0 Å². The van der Waals surface area contributed by atoms with Crippen LogP contribution in [0.4, 0.5) is 0 Å². The van der Waals surface area contributed by atoms with Gasteiger partial charge >= 0.3 is 0 Å². The topological polar surface area (TPSA) is 84.6 Å². The zero-order valence-corrected chi connectivity index (χ0v) is 14.7. The second-order valence-corrected chi connectivity index (χ2v) is 7.69. The maximum Gasteiger partial charge on any atom is 0.223 e. The average molecular weight is 347 g/mol. The number of carbonyl (C=O) groups is 1. The summed E-state index contributed by atoms with van der Waals surface area (Å²) in [5.74, 6) is 1.38. The van der Waals surface area contributed by atoms with Crippen LogP contribution in [0.3, 0.4) is 0 Å². The number of carbonyl (C=O) groups excluding carboxylic acids is 1. The second kappa shape index (κ2) is 8.15. The highest BCUT2D eigenvalue weighted by Crippen LogP contribution is 2.42. The molecule has 6 heteroatoms. The predicted octanol–water partition coefficient (Wildman–Crippen LogP) is 1.47. The molecule has 2 aliphatic carbocycles. The van der Waals surface area contributed by atoms with Gasteiger partial charge in [0.05, 0.1) is 6.61 Å². The zero-order chi connectivity index (χ0) is 15.6. The third-order valence-electron chi connectivity index (χ3n) is 6.25. The Kier molecular flexibility index (Phi) is 6.72. The number of amides is 1. The zero-order valence-electron chi connectivity index (χ0n) is 13.8. The molecule has 1 aliphatic heterocycles. The lowest BCUT2D eigenvalue weighted by Gasteiger charge is -2.43. The SMILES string of the molecule is Cl.NC1C2CCCC1CC(C(=O)NCC1(CCO)CCOC1)C2. The summed E-state index contributed by atoms with van der Waals surface area (Å²) in [4.78, 5) is 12.6. The third kappa shape index (κ3) is 4.19. The summed E-state index contributed by atoms with van der Waals surface area (Å²) in [5, 5.41) is 12.4. The summed E-state index contributed by atoms with van der Waals surface area (Å²) in [6.45, 7) is 2.17. The van der Waals surface area contributed by atoms with Gasteiger partial charge in [-0.15, -0.1) is 12.4 Å². The normalized spacial score (nSPS) is 39.6. The second-order valence-electron chi connectivity index (χ2n) is 7.69. The fraction of sp³-hybridized carbons (Fsp3) is 0.941. The predicted molar refractivity (Wildman–Crippen MR) is 91.4 cm³/mol. The average Bonchev–Trinajstić information content (AvgIpc) is 2.94. The summed E-state index contributed by atoms with van der Waals surface area (Å²) in [7, 11) is 0. The summed E-state index contributed by atoms with van der Waals surface area (Å²) in [6, 6.07) is 0.307. The molecule has 3 fully saturated rings. The van der Waals surface area contributed by atoms with Crippen molar-refractivity contribution >= 4 is 18.3 Å². The highest BCUT2D eigenvalue weighted by molar-refractivity contribution is 5.85. The number of halogens is 1. The van der Waals surface area contributed by atoms with Crippen LogP contribution in [0.25, 0.3) is 0 Å². The van der Waals surface area contributed by atoms with Gasteiger partial charge in [0.15, 0.2) is 0 Å². The number of aliphatic hydroxyl groups is 1. The molecule has 1 saturated heterocycles. The standard InChI is InChI=1S/C17H30N2O3.ClH/c18-15-12-2-1-3-13(15)9-14(8-12)16(21)19-10-17(4-6-20)5-7-22-11-17;/h12-15,20H,1-11,18H2,(H,19,21);1H. The molecule has 0 radical (unpaired) electrons. The van der Waals surface area contributed by atoms with Crippen molar-refractivity contribution in [2.24, 2.45) is 28.9 Å². The third-order valence-corrected chi connectivity index (χ3v) is 6.25. The van der Waals surface area contributed by atoms with Gasteiger partial charge < -0.3 is 20.9 Å². The van der Waals surface area contributed by atoms with E-state index in [1.54, 1.807) is 0 Å². The highest BCUT2D eigenvalue weighted by atomic mass is 35.5. The van der Waals surface area contributed by atoms with Crippen LogP contribution in [0.5, 0.6) is 0 Å². The van der Waals surface area contributed by atoms with Gasteiger partial charge in [-0.3, -0.25) is 4.79 Å². The van der Waals surface area contributed by atoms with E-state index in [9.17, 15) is 9.90 Å². The molecule has 0 aromatic heterocycles. The molecule has 0 spiro atoms. The molecule has 3 aliphatic rings. The van der Waals surface area contributed by atoms with Crippen molar-refractivity contribution < 1.29 is 14.6 Å². The summed E-state index contributed by atoms with van der Waals surface area (Å²) >= 11 is 0. The van der Waals surface area contributed by atoms with Crippen molar-refractivity contribution in [1.29, 1.82) is 0 Å². The number of nitrogens with one attached hydrogen (secondary N) is 1. The maximum absolute atomic E-state index is 12.6. The fourth-order valence-corrected chi connectivity index (χ4v) is 4.73. The number of hydrogen-bond acceptors (Lipinski definition) is 4. The first-order chi connectivity index (χ1) is 10.6. The number of hydrogen-bond donors (Lipinski definition) is 3. The van der Waals surface area contributed by atoms with Crippen LogP contribution >= 0.6 is 12.4 Å². The smallest absolute Gasteiger partial charge is 0.223 e. The van der Waals surface area contributed by atoms with Crippen LogP contribution in [0.15, 0.2) is 0 Å². The highest BCUT2D eigenvalue weighted by Gasteiger charge is 2.41. The Morgan fingerprint density at radius 1 is 1.30 bits per heavy atom. The Hall–Kier alpha value is -0.360. The largest absolute Gasteiger partial charge is 0.396 e. The monoisotopic (exact) mass is 346 g/mol. The molecule has 3 rings (SSSR count). The Morgan fingerprint density at radius 2 is 2.00 bits per heavy atom. The van der Waals surface area contributed by atoms with Gasteiger partial charge in [0.2, 0.25) is 5.91 Å². The van der Waals surface area contributed by atoms with E-state index < -0.39 is 0 Å². The fourth-order valence-electron chi connectivity index (χ4n) is 4.73. The van der Waals surface area contributed by atoms with E-state index in [2.05, 4.69) is 5.32 Å². The Labute approximate surface area is 145 Å². The van der Waals surface area contributed by atoms with E-state index in [0.29, 0.717) is 37.5 Å². The molecule has 2 bridgehead atoms. The van der Waals surface area contributed by atoms with E-state index in [1.165, 1.54) is 19.3 Å². The van der Waals surface area contributed by atoms with Gasteiger partial charge in [-0.2, -0.15) is 0 Å². The summed E-state index contributed by atoms with van der Waals surface area (Å²) in [5.41, 5.74) is 6.24. The van der Waals surface area contributed by atoms with E-state index in [4.69, 9.17) is 10.5 Å². The lowest BCUT2D eigenvalue weighted by Crippen LogP contribution is -2.50. The molecule has 0 aromatic carbocycles. The van der Waals surface area contributed by atoms with Crippen LogP contribution in [0.2, 0.25) is 0 Å². The minimum absolute atomic E-state index is 0. The van der Waals surface area contributed by atoms with Gasteiger partial charge in [-0.05, 0) is 50.4 Å². The maximum atomic E-state index is 12.6. The molecule has 3 atom stereocenters. The van der Waals surface area contributed by atoms with Gasteiger partial charge in [-0.1, -0.05) is 6.42 Å². The van der Waals surface area contributed by atoms with Crippen molar-refractivity contribution in [1.82, 2.24) is 5.32 Å². The molecular formula is C17H31ClN2O3. The van der Waals surface area contributed by atoms with E-state index in [1.807, 2.05) is 0 Å². The van der Waals surface area contributed by atoms with Crippen molar-refractivity contribution in [2.45, 2.75) is 51.0 Å². The van der Waals surface area contributed by atoms with Gasteiger partial charge in [0.25, 0.3) is 0 Å². The molecule has 3 unspecified atom stereocenters. The van der Waals surface area contributed by atoms with Crippen LogP contribution < -0.4 is 11.1 Å². The molecule has 1 heterocycles. The minimum atomic E-state index is -0.0641. The van der Waals surface area contributed by atoms with Crippen molar-refractivity contribution in [3.8, 4) is 0 Å². The molecule has 134 valence electrons. The van der Waals surface area contributed by atoms with Gasteiger partial charge in [0, 0.05) is 37.1 Å². The molecule has 4 N–H and O–H groups in total. The first kappa shape index (κ1) is 19.0. The Bertz CT molecular complexity index is 387. The molecule has 2 saturated carbocycles. The van der Waals surface area contributed by atoms with Crippen LogP contribution in [0.1, 0.15) is 44.9 Å². The quantitative estimate of drug-likeness (QED) is 0.703. The lowest BCUT2D eigenvalue weighted by molar-refractivity contribution is -0.128. The van der Waals surface area contributed by atoms with E-state index in [-0.39, 0.29) is 36.3 Å². The Morgan fingerprint density at radius 3 is 2.57 bits per heavy atom. The Balaban J connectivity index is 0.00000192. The van der Waals surface area contributed by atoms with Crippen LogP contribution in [-0.4, -0.2) is 43.4 Å². The van der Waals surface area contributed by atoms with E-state index >= 15 is 0 Å². The molecule has 23 heavy (non-hydrogen) atoms. The number of fused-ring (bicyclic) bond motifs is 2. The first-order valence-corrected chi connectivity index (χ1v) is 8.85. The first-order valence-electron chi connectivity index (χ1n) is 8.85. The number of nitrogens with two attached hydrogens (primary N) is 1. The molecule has 0 aromatic rings. The van der Waals surface area contributed by atoms with Crippen molar-refractivity contribution in [3.05, 3.63) is 0 Å². The lowest BCUT2D eigenvalue weighted by atomic mass is 9.65. The number of ether oxygens (including phenoxy) is 1. The number of rotatable bonds is 5. The van der Waals surface area contributed by atoms with Crippen LogP contribution in [0, 0.1) is 23.2 Å². The molecule has 5 nitrogen and oxygen atoms in total. The summed E-state index contributed by atoms with van der Waals surface area (Å²) < 4.78 is 5.49. The van der Waals surface area contributed by atoms with Crippen molar-refractivity contribution in [3.63, 3.8) is 0 Å². The molecular weight excluding hydrogens is 316 g/mol. The minimum Gasteiger partial charge on any atom is -0.396 e.